The highest BCUT2D eigenvalue weighted by molar-refractivity contribution is 7.16. The van der Waals surface area contributed by atoms with Gasteiger partial charge in [0.05, 0.1) is 34.1 Å². The number of nitrogens with zero attached hydrogens (tertiary/aromatic N) is 3. The first-order valence-corrected chi connectivity index (χ1v) is 13.7. The minimum absolute atomic E-state index is 0.399. The van der Waals surface area contributed by atoms with Crippen molar-refractivity contribution in [2.24, 2.45) is 5.84 Å². The van der Waals surface area contributed by atoms with Crippen LogP contribution in [0.2, 0.25) is 0 Å². The number of ether oxygens (including phenoxy) is 1. The molecular weight excluding hydrogens is 514 g/mol. The number of hydrogen-bond acceptors (Lipinski definition) is 8. The van der Waals surface area contributed by atoms with Crippen LogP contribution in [0, 0.1) is 0 Å². The first kappa shape index (κ1) is 28.0. The Labute approximate surface area is 231 Å². The molecule has 0 spiro atoms. The molecule has 0 aliphatic carbocycles. The summed E-state index contributed by atoms with van der Waals surface area (Å²) in [5, 5.41) is 15.0. The van der Waals surface area contributed by atoms with Crippen LogP contribution in [0.1, 0.15) is 42.7 Å². The number of nitrogens with one attached hydrogen (secondary N) is 1. The number of aliphatic hydroxyl groups excluding tert-OH is 1. The van der Waals surface area contributed by atoms with Gasteiger partial charge in [0.15, 0.2) is 6.10 Å². The lowest BCUT2D eigenvalue weighted by molar-refractivity contribution is -0.128. The Morgan fingerprint density at radius 3 is 2.44 bits per heavy atom. The summed E-state index contributed by atoms with van der Waals surface area (Å²) in [4.78, 5) is 33.1. The average Bonchev–Trinajstić information content (AvgIpc) is 3.44. The van der Waals surface area contributed by atoms with E-state index in [1.54, 1.807) is 60.1 Å². The quantitative estimate of drug-likeness (QED) is 0.146. The molecule has 0 bridgehead atoms. The molecule has 2 atom stereocenters. The molecule has 1 aromatic heterocycles. The number of carbonyl (C=O) groups is 2. The Bertz CT molecular complexity index is 1420. The van der Waals surface area contributed by atoms with Crippen LogP contribution in [-0.4, -0.2) is 47.7 Å². The van der Waals surface area contributed by atoms with Crippen molar-refractivity contribution >= 4 is 44.7 Å². The molecule has 0 saturated carbocycles. The van der Waals surface area contributed by atoms with Crippen molar-refractivity contribution in [1.29, 1.82) is 0 Å². The van der Waals surface area contributed by atoms with Crippen molar-refractivity contribution in [3.05, 3.63) is 83.4 Å². The summed E-state index contributed by atoms with van der Waals surface area (Å²) >= 11 is 1.42. The third-order valence-corrected chi connectivity index (χ3v) is 7.26. The minimum atomic E-state index is -1.68. The smallest absolute Gasteiger partial charge is 0.272 e. The third kappa shape index (κ3) is 6.36. The van der Waals surface area contributed by atoms with Crippen LogP contribution in [0.3, 0.4) is 0 Å². The van der Waals surface area contributed by atoms with Crippen molar-refractivity contribution in [3.63, 3.8) is 0 Å². The lowest BCUT2D eigenvalue weighted by Crippen LogP contribution is -2.50. The van der Waals surface area contributed by atoms with Gasteiger partial charge in [-0.25, -0.2) is 15.8 Å². The number of hydrogen-bond donors (Lipinski definition) is 3. The molecule has 0 aliphatic rings. The zero-order chi connectivity index (χ0) is 27.9. The number of fused-ring (bicyclic) bond motifs is 1. The highest BCUT2D eigenvalue weighted by atomic mass is 32.1. The maximum Gasteiger partial charge on any atom is 0.272 e. The Hall–Kier alpha value is -3.99. The van der Waals surface area contributed by atoms with E-state index in [1.165, 1.54) is 11.3 Å². The monoisotopic (exact) mass is 547 g/mol. The van der Waals surface area contributed by atoms with Crippen molar-refractivity contribution in [1.82, 2.24) is 10.3 Å². The molecule has 0 fully saturated rings. The second-order valence-corrected chi connectivity index (χ2v) is 9.72. The number of hydrazine groups is 1. The van der Waals surface area contributed by atoms with Crippen LogP contribution in [0.5, 0.6) is 5.75 Å². The van der Waals surface area contributed by atoms with Gasteiger partial charge in [0, 0.05) is 24.3 Å². The molecule has 0 radical (unpaired) electrons. The van der Waals surface area contributed by atoms with Crippen molar-refractivity contribution in [2.75, 3.05) is 29.6 Å². The largest absolute Gasteiger partial charge is 0.494 e. The summed E-state index contributed by atoms with van der Waals surface area (Å²) in [6.07, 6.45) is -1.68. The molecule has 39 heavy (non-hydrogen) atoms. The van der Waals surface area contributed by atoms with E-state index in [1.807, 2.05) is 19.1 Å². The first-order chi connectivity index (χ1) is 18.9. The molecule has 4 aromatic rings. The summed E-state index contributed by atoms with van der Waals surface area (Å²) < 4.78 is 6.46. The topological polar surface area (TPSA) is 121 Å². The summed E-state index contributed by atoms with van der Waals surface area (Å²) in [7, 11) is 0. The van der Waals surface area contributed by atoms with Gasteiger partial charge in [-0.3, -0.25) is 9.59 Å². The van der Waals surface area contributed by atoms with Crippen molar-refractivity contribution < 1.29 is 19.4 Å². The second kappa shape index (κ2) is 12.7. The maximum absolute atomic E-state index is 13.4. The fourth-order valence-corrected chi connectivity index (χ4v) is 5.06. The van der Waals surface area contributed by atoms with Crippen LogP contribution >= 0.6 is 11.3 Å². The van der Waals surface area contributed by atoms with E-state index in [4.69, 9.17) is 10.6 Å². The fraction of sp³-hybridized carbons (Fsp3) is 0.276. The molecule has 2 unspecified atom stereocenters. The van der Waals surface area contributed by atoms with Crippen LogP contribution in [-0.2, 0) is 4.79 Å². The molecule has 204 valence electrons. The van der Waals surface area contributed by atoms with Gasteiger partial charge in [-0.1, -0.05) is 12.1 Å². The van der Waals surface area contributed by atoms with Crippen LogP contribution in [0.15, 0.2) is 72.2 Å². The number of nitrogens with two attached hydrogens (primary N) is 1. The number of aromatic nitrogens is 1. The second-order valence-electron chi connectivity index (χ2n) is 8.83. The molecule has 9 nitrogen and oxygen atoms in total. The molecule has 1 heterocycles. The summed E-state index contributed by atoms with van der Waals surface area (Å²) in [6.45, 7) is 8.13. The normalized spacial score (nSPS) is 12.5. The number of amides is 2. The Balaban J connectivity index is 1.61. The Kier molecular flexibility index (Phi) is 9.13. The SMILES string of the molecule is CCOc1cccc(C(NC(=O)c2ccc(N(CC)CC)cc2)C(O)C(=O)N(N)c2ccc3ncsc3c2)c1. The highest BCUT2D eigenvalue weighted by Gasteiger charge is 2.33. The first-order valence-electron chi connectivity index (χ1n) is 12.8. The number of benzene rings is 3. The molecule has 2 amide bonds. The van der Waals surface area contributed by atoms with Crippen molar-refractivity contribution in [3.8, 4) is 5.75 Å². The van der Waals surface area contributed by atoms with Gasteiger partial charge in [-0.05, 0) is 80.9 Å². The molecule has 0 saturated heterocycles. The van der Waals surface area contributed by atoms with Crippen LogP contribution < -0.4 is 25.8 Å². The van der Waals surface area contributed by atoms with Gasteiger partial charge in [-0.2, -0.15) is 0 Å². The predicted molar refractivity (Wildman–Crippen MR) is 155 cm³/mol. The highest BCUT2D eigenvalue weighted by Crippen LogP contribution is 2.27. The summed E-state index contributed by atoms with van der Waals surface area (Å²) in [5.41, 5.74) is 4.80. The van der Waals surface area contributed by atoms with E-state index < -0.39 is 24.0 Å². The van der Waals surface area contributed by atoms with Gasteiger partial charge in [0.2, 0.25) is 0 Å². The minimum Gasteiger partial charge on any atom is -0.494 e. The molecule has 0 aliphatic heterocycles. The van der Waals surface area contributed by atoms with Crippen LogP contribution in [0.25, 0.3) is 10.2 Å². The zero-order valence-electron chi connectivity index (χ0n) is 22.2. The lowest BCUT2D eigenvalue weighted by atomic mass is 9.99. The van der Waals surface area contributed by atoms with Gasteiger partial charge in [0.1, 0.15) is 5.75 Å². The van der Waals surface area contributed by atoms with E-state index >= 15 is 0 Å². The Morgan fingerprint density at radius 1 is 1.03 bits per heavy atom. The zero-order valence-corrected chi connectivity index (χ0v) is 23.0. The van der Waals surface area contributed by atoms with E-state index in [-0.39, 0.29) is 0 Å². The summed E-state index contributed by atoms with van der Waals surface area (Å²) in [6, 6.07) is 18.2. The molecule has 4 rings (SSSR count). The van der Waals surface area contributed by atoms with Gasteiger partial charge in [0.25, 0.3) is 11.8 Å². The van der Waals surface area contributed by atoms with Gasteiger partial charge >= 0.3 is 0 Å². The standard InChI is InChI=1S/C29H33N5O4S/c1-4-33(5-2)21-12-10-19(11-13-21)28(36)32-26(20-8-7-9-23(16-20)38-6-3)27(35)29(37)34(30)22-14-15-24-25(17-22)39-18-31-24/h7-18,26-27,35H,4-6,30H2,1-3H3,(H,32,36). The number of aliphatic hydroxyl groups is 1. The molecular formula is C29H33N5O4S. The molecule has 4 N–H and O–H groups in total. The van der Waals surface area contributed by atoms with E-state index in [2.05, 4.69) is 29.0 Å². The summed E-state index contributed by atoms with van der Waals surface area (Å²) in [5.74, 6) is 5.51. The third-order valence-electron chi connectivity index (χ3n) is 6.47. The average molecular weight is 548 g/mol. The fourth-order valence-electron chi connectivity index (χ4n) is 4.35. The van der Waals surface area contributed by atoms with E-state index in [0.717, 1.165) is 34.0 Å². The number of rotatable bonds is 11. The van der Waals surface area contributed by atoms with E-state index in [9.17, 15) is 14.7 Å². The lowest BCUT2D eigenvalue weighted by Gasteiger charge is -2.28. The molecule has 10 heteroatoms. The maximum atomic E-state index is 13.4. The Morgan fingerprint density at radius 2 is 1.74 bits per heavy atom. The molecule has 3 aromatic carbocycles. The number of thiazole rings is 1. The van der Waals surface area contributed by atoms with Gasteiger partial charge < -0.3 is 20.1 Å². The van der Waals surface area contributed by atoms with Crippen LogP contribution in [0.4, 0.5) is 11.4 Å². The predicted octanol–water partition coefficient (Wildman–Crippen LogP) is 4.28. The van der Waals surface area contributed by atoms with E-state index in [0.29, 0.717) is 29.2 Å². The van der Waals surface area contributed by atoms with Crippen molar-refractivity contribution in [2.45, 2.75) is 32.9 Å². The number of anilines is 2. The number of carbonyl (C=O) groups excluding carboxylic acids is 2. The van der Waals surface area contributed by atoms with Gasteiger partial charge in [-0.15, -0.1) is 11.3 Å².